The standard InChI is InChI=1S/C18H23NO2/c1-3-20-17-11-7-8-12-18(17)21-14-13-19-15(2)16-9-5-4-6-10-16/h4-12,15,19H,3,13-14H2,1-2H3/t15-/m1/s1. The zero-order valence-electron chi connectivity index (χ0n) is 12.7. The van der Waals surface area contributed by atoms with E-state index >= 15 is 0 Å². The topological polar surface area (TPSA) is 30.5 Å². The van der Waals surface area contributed by atoms with E-state index in [2.05, 4.69) is 36.5 Å². The summed E-state index contributed by atoms with van der Waals surface area (Å²) in [7, 11) is 0. The van der Waals surface area contributed by atoms with Crippen molar-refractivity contribution in [1.29, 1.82) is 0 Å². The Morgan fingerprint density at radius 1 is 0.905 bits per heavy atom. The van der Waals surface area contributed by atoms with Gasteiger partial charge in [0, 0.05) is 12.6 Å². The lowest BCUT2D eigenvalue weighted by Crippen LogP contribution is -2.24. The molecular weight excluding hydrogens is 262 g/mol. The van der Waals surface area contributed by atoms with Gasteiger partial charge in [-0.15, -0.1) is 0 Å². The number of rotatable bonds is 8. The van der Waals surface area contributed by atoms with Crippen LogP contribution in [0.2, 0.25) is 0 Å². The van der Waals surface area contributed by atoms with Crippen LogP contribution in [0.4, 0.5) is 0 Å². The van der Waals surface area contributed by atoms with Crippen LogP contribution in [0, 0.1) is 0 Å². The zero-order valence-corrected chi connectivity index (χ0v) is 12.7. The fourth-order valence-corrected chi connectivity index (χ4v) is 2.14. The smallest absolute Gasteiger partial charge is 0.161 e. The lowest BCUT2D eigenvalue weighted by atomic mass is 10.1. The van der Waals surface area contributed by atoms with Crippen molar-refractivity contribution in [2.45, 2.75) is 19.9 Å². The number of benzene rings is 2. The van der Waals surface area contributed by atoms with Gasteiger partial charge in [0.05, 0.1) is 6.61 Å². The molecule has 0 aliphatic heterocycles. The quantitative estimate of drug-likeness (QED) is 0.748. The molecule has 21 heavy (non-hydrogen) atoms. The van der Waals surface area contributed by atoms with Crippen molar-refractivity contribution in [2.75, 3.05) is 19.8 Å². The minimum absolute atomic E-state index is 0.317. The molecule has 3 nitrogen and oxygen atoms in total. The van der Waals surface area contributed by atoms with Gasteiger partial charge in [0.15, 0.2) is 11.5 Å². The molecule has 1 atom stereocenters. The van der Waals surface area contributed by atoms with Gasteiger partial charge in [-0.05, 0) is 31.5 Å². The molecule has 0 spiro atoms. The summed E-state index contributed by atoms with van der Waals surface area (Å²) < 4.78 is 11.3. The molecule has 0 aromatic heterocycles. The molecular formula is C18H23NO2. The summed E-state index contributed by atoms with van der Waals surface area (Å²) in [6.07, 6.45) is 0. The molecule has 0 saturated heterocycles. The zero-order chi connectivity index (χ0) is 14.9. The monoisotopic (exact) mass is 285 g/mol. The fourth-order valence-electron chi connectivity index (χ4n) is 2.14. The largest absolute Gasteiger partial charge is 0.490 e. The SMILES string of the molecule is CCOc1ccccc1OCCN[C@H](C)c1ccccc1. The van der Waals surface area contributed by atoms with Crippen LogP contribution >= 0.6 is 0 Å². The van der Waals surface area contributed by atoms with Gasteiger partial charge in [0.1, 0.15) is 6.61 Å². The van der Waals surface area contributed by atoms with E-state index < -0.39 is 0 Å². The van der Waals surface area contributed by atoms with Gasteiger partial charge in [-0.2, -0.15) is 0 Å². The highest BCUT2D eigenvalue weighted by Gasteiger charge is 2.05. The van der Waals surface area contributed by atoms with Gasteiger partial charge in [-0.25, -0.2) is 0 Å². The molecule has 2 rings (SSSR count). The maximum Gasteiger partial charge on any atom is 0.161 e. The van der Waals surface area contributed by atoms with Crippen molar-refractivity contribution >= 4 is 0 Å². The molecule has 1 N–H and O–H groups in total. The first-order valence-corrected chi connectivity index (χ1v) is 7.44. The summed E-state index contributed by atoms with van der Waals surface area (Å²) in [5.41, 5.74) is 1.28. The number of hydrogen-bond donors (Lipinski definition) is 1. The van der Waals surface area contributed by atoms with Crippen molar-refractivity contribution in [1.82, 2.24) is 5.32 Å². The van der Waals surface area contributed by atoms with E-state index in [1.165, 1.54) is 5.56 Å². The molecule has 0 heterocycles. The van der Waals surface area contributed by atoms with E-state index in [1.54, 1.807) is 0 Å². The molecule has 2 aromatic rings. The number of hydrogen-bond acceptors (Lipinski definition) is 3. The van der Waals surface area contributed by atoms with Gasteiger partial charge >= 0.3 is 0 Å². The van der Waals surface area contributed by atoms with Crippen LogP contribution in [0.25, 0.3) is 0 Å². The molecule has 0 fully saturated rings. The van der Waals surface area contributed by atoms with Crippen molar-refractivity contribution < 1.29 is 9.47 Å². The molecule has 0 amide bonds. The minimum atomic E-state index is 0.317. The fraction of sp³-hybridized carbons (Fsp3) is 0.333. The average molecular weight is 285 g/mol. The third-order valence-corrected chi connectivity index (χ3v) is 3.26. The van der Waals surface area contributed by atoms with E-state index in [9.17, 15) is 0 Å². The first-order chi connectivity index (χ1) is 10.3. The first kappa shape index (κ1) is 15.4. The van der Waals surface area contributed by atoms with Gasteiger partial charge in [-0.3, -0.25) is 0 Å². The van der Waals surface area contributed by atoms with Crippen LogP contribution in [0.15, 0.2) is 54.6 Å². The van der Waals surface area contributed by atoms with Crippen molar-refractivity contribution in [3.8, 4) is 11.5 Å². The van der Waals surface area contributed by atoms with Crippen LogP contribution in [0.5, 0.6) is 11.5 Å². The summed E-state index contributed by atoms with van der Waals surface area (Å²) in [5.74, 6) is 1.60. The minimum Gasteiger partial charge on any atom is -0.490 e. The van der Waals surface area contributed by atoms with Crippen molar-refractivity contribution in [3.63, 3.8) is 0 Å². The summed E-state index contributed by atoms with van der Waals surface area (Å²) in [6, 6.07) is 18.5. The summed E-state index contributed by atoms with van der Waals surface area (Å²) in [6.45, 7) is 6.17. The highest BCUT2D eigenvalue weighted by Crippen LogP contribution is 2.26. The molecule has 0 aliphatic carbocycles. The molecule has 0 unspecified atom stereocenters. The highest BCUT2D eigenvalue weighted by molar-refractivity contribution is 5.39. The van der Waals surface area contributed by atoms with Crippen molar-refractivity contribution in [2.24, 2.45) is 0 Å². The number of nitrogens with one attached hydrogen (secondary N) is 1. The molecule has 0 aliphatic rings. The molecule has 2 aromatic carbocycles. The Labute approximate surface area is 126 Å². The van der Waals surface area contributed by atoms with Gasteiger partial charge in [0.2, 0.25) is 0 Å². The first-order valence-electron chi connectivity index (χ1n) is 7.44. The second-order valence-electron chi connectivity index (χ2n) is 4.81. The molecule has 0 radical (unpaired) electrons. The Morgan fingerprint density at radius 3 is 2.19 bits per heavy atom. The van der Waals surface area contributed by atoms with E-state index in [-0.39, 0.29) is 0 Å². The Balaban J connectivity index is 1.77. The van der Waals surface area contributed by atoms with Crippen molar-refractivity contribution in [3.05, 3.63) is 60.2 Å². The van der Waals surface area contributed by atoms with Crippen LogP contribution in [-0.4, -0.2) is 19.8 Å². The van der Waals surface area contributed by atoms with Gasteiger partial charge in [-0.1, -0.05) is 42.5 Å². The predicted octanol–water partition coefficient (Wildman–Crippen LogP) is 3.81. The Hall–Kier alpha value is -2.00. The summed E-state index contributed by atoms with van der Waals surface area (Å²) in [5, 5.41) is 3.45. The highest BCUT2D eigenvalue weighted by atomic mass is 16.5. The third kappa shape index (κ3) is 4.80. The molecule has 0 bridgehead atoms. The molecule has 0 saturated carbocycles. The summed E-state index contributed by atoms with van der Waals surface area (Å²) in [4.78, 5) is 0. The second-order valence-corrected chi connectivity index (χ2v) is 4.81. The van der Waals surface area contributed by atoms with E-state index in [0.29, 0.717) is 19.3 Å². The third-order valence-electron chi connectivity index (χ3n) is 3.26. The van der Waals surface area contributed by atoms with Crippen LogP contribution in [0.1, 0.15) is 25.5 Å². The predicted molar refractivity (Wildman–Crippen MR) is 86.0 cm³/mol. The molecule has 112 valence electrons. The molecule has 3 heteroatoms. The number of para-hydroxylation sites is 2. The second kappa shape index (κ2) is 8.32. The lowest BCUT2D eigenvalue weighted by Gasteiger charge is -2.15. The van der Waals surface area contributed by atoms with E-state index in [1.807, 2.05) is 37.3 Å². The van der Waals surface area contributed by atoms with Gasteiger partial charge in [0.25, 0.3) is 0 Å². The van der Waals surface area contributed by atoms with Crippen LogP contribution in [0.3, 0.4) is 0 Å². The summed E-state index contributed by atoms with van der Waals surface area (Å²) >= 11 is 0. The Morgan fingerprint density at radius 2 is 1.52 bits per heavy atom. The lowest BCUT2D eigenvalue weighted by molar-refractivity contribution is 0.273. The number of ether oxygens (including phenoxy) is 2. The van der Waals surface area contributed by atoms with E-state index in [0.717, 1.165) is 18.0 Å². The van der Waals surface area contributed by atoms with Gasteiger partial charge < -0.3 is 14.8 Å². The Bertz CT molecular complexity index is 528. The van der Waals surface area contributed by atoms with Crippen LogP contribution < -0.4 is 14.8 Å². The van der Waals surface area contributed by atoms with Crippen LogP contribution in [-0.2, 0) is 0 Å². The average Bonchev–Trinajstić information content (AvgIpc) is 2.54. The maximum atomic E-state index is 5.79. The normalized spacial score (nSPS) is 11.9. The Kier molecular flexibility index (Phi) is 6.10. The van der Waals surface area contributed by atoms with E-state index in [4.69, 9.17) is 9.47 Å². The maximum absolute atomic E-state index is 5.79.